The van der Waals surface area contributed by atoms with Crippen LogP contribution in [-0.4, -0.2) is 54.1 Å². The third-order valence-electron chi connectivity index (χ3n) is 4.83. The Balaban J connectivity index is 1.50. The van der Waals surface area contributed by atoms with Crippen LogP contribution in [0.2, 0.25) is 0 Å². The molecule has 0 spiro atoms. The minimum Gasteiger partial charge on any atom is -0.494 e. The number of carbonyl (C=O) groups excluding carboxylic acids is 3. The van der Waals surface area contributed by atoms with E-state index in [4.69, 9.17) is 15.9 Å². The molecule has 2 N–H and O–H groups in total. The second-order valence-corrected chi connectivity index (χ2v) is 7.85. The molecule has 32 heavy (non-hydrogen) atoms. The first kappa shape index (κ1) is 23.1. The van der Waals surface area contributed by atoms with Crippen molar-refractivity contribution in [3.05, 3.63) is 45.9 Å². The van der Waals surface area contributed by atoms with Crippen molar-refractivity contribution in [3.8, 4) is 18.1 Å². The van der Waals surface area contributed by atoms with E-state index in [0.717, 1.165) is 5.01 Å². The lowest BCUT2D eigenvalue weighted by Crippen LogP contribution is -2.41. The first-order valence-corrected chi connectivity index (χ1v) is 11.0. The average Bonchev–Trinajstić information content (AvgIpc) is 3.32. The molecule has 2 aromatic rings. The number of rotatable bonds is 6. The highest BCUT2D eigenvalue weighted by Crippen LogP contribution is 2.30. The van der Waals surface area contributed by atoms with Crippen molar-refractivity contribution in [1.82, 2.24) is 20.7 Å². The van der Waals surface area contributed by atoms with Crippen LogP contribution in [0.3, 0.4) is 0 Å². The molecule has 3 amide bonds. The van der Waals surface area contributed by atoms with Crippen molar-refractivity contribution < 1.29 is 23.9 Å². The molecule has 1 aromatic carbocycles. The predicted molar refractivity (Wildman–Crippen MR) is 118 cm³/mol. The number of hydrogen-bond acceptors (Lipinski definition) is 7. The van der Waals surface area contributed by atoms with Gasteiger partial charge in [0, 0.05) is 30.0 Å². The molecule has 168 valence electrons. The summed E-state index contributed by atoms with van der Waals surface area (Å²) in [7, 11) is 0. The van der Waals surface area contributed by atoms with Gasteiger partial charge in [-0.2, -0.15) is 0 Å². The fourth-order valence-corrected chi connectivity index (χ4v) is 4.20. The summed E-state index contributed by atoms with van der Waals surface area (Å²) in [4.78, 5) is 42.6. The molecule has 3 rings (SSSR count). The number of terminal acetylenes is 1. The summed E-state index contributed by atoms with van der Waals surface area (Å²) in [6.45, 7) is 3.37. The Bertz CT molecular complexity index is 1010. The minimum absolute atomic E-state index is 0.0434. The molecule has 0 aliphatic carbocycles. The van der Waals surface area contributed by atoms with Crippen LogP contribution >= 0.6 is 11.3 Å². The lowest BCUT2D eigenvalue weighted by Gasteiger charge is -2.30. The number of ether oxygens (including phenoxy) is 2. The summed E-state index contributed by atoms with van der Waals surface area (Å²) in [6.07, 6.45) is 6.12. The summed E-state index contributed by atoms with van der Waals surface area (Å²) in [5, 5.41) is 2.47. The monoisotopic (exact) mass is 456 g/mol. The zero-order chi connectivity index (χ0) is 22.9. The van der Waals surface area contributed by atoms with Crippen LogP contribution in [-0.2, 0) is 4.74 Å². The standard InChI is InChI=1S/C22H24N4O5S/c1-3-12-31-22(29)26-10-8-15(9-11-26)21-23-18(14-32-21)20(28)25-24-19(27)16-6-5-7-17(13-16)30-4-2/h1,5-7,13-15H,4,8-12H2,2H3,(H,24,27)(H,25,28). The second-order valence-electron chi connectivity index (χ2n) is 6.96. The van der Waals surface area contributed by atoms with E-state index in [1.54, 1.807) is 34.5 Å². The zero-order valence-electron chi connectivity index (χ0n) is 17.6. The van der Waals surface area contributed by atoms with Gasteiger partial charge in [-0.15, -0.1) is 17.8 Å². The SMILES string of the molecule is C#CCOC(=O)N1CCC(c2nc(C(=O)NNC(=O)c3cccc(OCC)c3)cs2)CC1. The molecule has 1 saturated heterocycles. The van der Waals surface area contributed by atoms with Crippen molar-refractivity contribution in [3.63, 3.8) is 0 Å². The van der Waals surface area contributed by atoms with E-state index in [9.17, 15) is 14.4 Å². The summed E-state index contributed by atoms with van der Waals surface area (Å²) in [5.41, 5.74) is 5.36. The molecule has 0 atom stereocenters. The van der Waals surface area contributed by atoms with Crippen LogP contribution in [0.5, 0.6) is 5.75 Å². The van der Waals surface area contributed by atoms with Crippen molar-refractivity contribution in [2.24, 2.45) is 0 Å². The van der Waals surface area contributed by atoms with E-state index < -0.39 is 17.9 Å². The van der Waals surface area contributed by atoms with E-state index in [1.807, 2.05) is 6.92 Å². The van der Waals surface area contributed by atoms with Crippen LogP contribution < -0.4 is 15.6 Å². The van der Waals surface area contributed by atoms with Gasteiger partial charge in [0.05, 0.1) is 11.6 Å². The summed E-state index contributed by atoms with van der Waals surface area (Å²) < 4.78 is 10.3. The Morgan fingerprint density at radius 3 is 2.72 bits per heavy atom. The van der Waals surface area contributed by atoms with Gasteiger partial charge in [-0.25, -0.2) is 9.78 Å². The Hall–Kier alpha value is -3.58. The number of thiazole rings is 1. The predicted octanol–water partition coefficient (Wildman–Crippen LogP) is 2.57. The Labute approximate surface area is 190 Å². The molecule has 9 nitrogen and oxygen atoms in total. The number of hydrazine groups is 1. The van der Waals surface area contributed by atoms with E-state index in [1.165, 1.54) is 11.3 Å². The maximum atomic E-state index is 12.4. The molecule has 10 heteroatoms. The van der Waals surface area contributed by atoms with Crippen LogP contribution in [0.25, 0.3) is 0 Å². The van der Waals surface area contributed by atoms with Gasteiger partial charge in [-0.1, -0.05) is 12.0 Å². The Morgan fingerprint density at radius 2 is 2.00 bits per heavy atom. The van der Waals surface area contributed by atoms with Gasteiger partial charge in [0.15, 0.2) is 6.61 Å². The smallest absolute Gasteiger partial charge is 0.410 e. The van der Waals surface area contributed by atoms with Gasteiger partial charge < -0.3 is 14.4 Å². The number of carbonyl (C=O) groups is 3. The average molecular weight is 457 g/mol. The molecule has 1 aliphatic rings. The minimum atomic E-state index is -0.503. The zero-order valence-corrected chi connectivity index (χ0v) is 18.4. The molecule has 0 bridgehead atoms. The normalized spacial score (nSPS) is 13.7. The Kier molecular flexibility index (Phi) is 8.05. The first-order valence-electron chi connectivity index (χ1n) is 10.2. The largest absolute Gasteiger partial charge is 0.494 e. The van der Waals surface area contributed by atoms with Crippen molar-refractivity contribution in [2.75, 3.05) is 26.3 Å². The maximum absolute atomic E-state index is 12.4. The number of aromatic nitrogens is 1. The van der Waals surface area contributed by atoms with E-state index in [2.05, 4.69) is 21.8 Å². The fraction of sp³-hybridized carbons (Fsp3) is 0.364. The van der Waals surface area contributed by atoms with Gasteiger partial charge in [0.1, 0.15) is 11.4 Å². The lowest BCUT2D eigenvalue weighted by molar-refractivity contribution is 0.0844. The molecule has 0 radical (unpaired) electrons. The Morgan fingerprint density at radius 1 is 1.25 bits per heavy atom. The number of piperidine rings is 1. The second kappa shape index (κ2) is 11.2. The summed E-state index contributed by atoms with van der Waals surface area (Å²) in [5.74, 6) is 2.03. The fourth-order valence-electron chi connectivity index (χ4n) is 3.23. The van der Waals surface area contributed by atoms with E-state index in [0.29, 0.717) is 43.9 Å². The number of amides is 3. The maximum Gasteiger partial charge on any atom is 0.410 e. The molecule has 1 aromatic heterocycles. The highest BCUT2D eigenvalue weighted by Gasteiger charge is 2.27. The van der Waals surface area contributed by atoms with Crippen LogP contribution in [0, 0.1) is 12.3 Å². The third-order valence-corrected chi connectivity index (χ3v) is 5.84. The summed E-state index contributed by atoms with van der Waals surface area (Å²) >= 11 is 1.38. The topological polar surface area (TPSA) is 110 Å². The molecule has 1 aliphatic heterocycles. The quantitative estimate of drug-likeness (QED) is 0.511. The van der Waals surface area contributed by atoms with Crippen LogP contribution in [0.4, 0.5) is 4.79 Å². The molecule has 0 unspecified atom stereocenters. The van der Waals surface area contributed by atoms with Gasteiger partial charge in [0.25, 0.3) is 11.8 Å². The molecule has 0 saturated carbocycles. The van der Waals surface area contributed by atoms with Gasteiger partial charge >= 0.3 is 6.09 Å². The van der Waals surface area contributed by atoms with E-state index >= 15 is 0 Å². The first-order chi connectivity index (χ1) is 15.5. The van der Waals surface area contributed by atoms with Gasteiger partial charge in [-0.3, -0.25) is 20.4 Å². The van der Waals surface area contributed by atoms with E-state index in [-0.39, 0.29) is 18.2 Å². The van der Waals surface area contributed by atoms with Crippen molar-refractivity contribution in [2.45, 2.75) is 25.7 Å². The lowest BCUT2D eigenvalue weighted by atomic mass is 9.98. The molecule has 1 fully saturated rings. The van der Waals surface area contributed by atoms with Crippen LogP contribution in [0.1, 0.15) is 51.5 Å². The van der Waals surface area contributed by atoms with Crippen LogP contribution in [0.15, 0.2) is 29.6 Å². The van der Waals surface area contributed by atoms with Crippen molar-refractivity contribution in [1.29, 1.82) is 0 Å². The number of benzene rings is 1. The molecular formula is C22H24N4O5S. The molecular weight excluding hydrogens is 432 g/mol. The highest BCUT2D eigenvalue weighted by molar-refractivity contribution is 7.09. The van der Waals surface area contributed by atoms with Crippen molar-refractivity contribution >= 4 is 29.2 Å². The third kappa shape index (κ3) is 5.98. The summed E-state index contributed by atoms with van der Waals surface area (Å²) in [6, 6.07) is 6.68. The number of hydrogen-bond donors (Lipinski definition) is 2. The van der Waals surface area contributed by atoms with Gasteiger partial charge in [0.2, 0.25) is 0 Å². The number of likely N-dealkylation sites (tertiary alicyclic amines) is 1. The highest BCUT2D eigenvalue weighted by atomic mass is 32.1. The molecule has 2 heterocycles. The number of nitrogens with zero attached hydrogens (tertiary/aromatic N) is 2. The number of nitrogens with one attached hydrogen (secondary N) is 2. The van der Waals surface area contributed by atoms with Gasteiger partial charge in [-0.05, 0) is 38.0 Å².